The third-order valence-electron chi connectivity index (χ3n) is 8.24. The van der Waals surface area contributed by atoms with Crippen molar-refractivity contribution in [3.63, 3.8) is 0 Å². The quantitative estimate of drug-likeness (QED) is 0.183. The molecule has 4 aromatic rings. The number of hydrogen-bond acceptors (Lipinski definition) is 7. The first-order valence-electron chi connectivity index (χ1n) is 15.5. The molecule has 6 rings (SSSR count). The number of likely N-dealkylation sites (tertiary alicyclic amines) is 1. The second-order valence-corrected chi connectivity index (χ2v) is 12.2. The number of halogens is 1. The number of urea groups is 1. The number of hydrogen-bond donors (Lipinski definition) is 2. The highest BCUT2D eigenvalue weighted by Crippen LogP contribution is 2.48. The normalized spacial score (nSPS) is 15.8. The van der Waals surface area contributed by atoms with Gasteiger partial charge >= 0.3 is 6.03 Å². The molecule has 1 aromatic heterocycles. The largest absolute Gasteiger partial charge is 0.489 e. The Hall–Kier alpha value is -4.57. The number of pyridine rings is 1. The van der Waals surface area contributed by atoms with Crippen molar-refractivity contribution in [3.05, 3.63) is 78.2 Å². The zero-order valence-corrected chi connectivity index (χ0v) is 25.7. The predicted octanol–water partition coefficient (Wildman–Crippen LogP) is 7.15. The van der Waals surface area contributed by atoms with Gasteiger partial charge in [0, 0.05) is 31.0 Å². The summed E-state index contributed by atoms with van der Waals surface area (Å²) in [4.78, 5) is 19.4. The molecule has 1 fully saturated rings. The lowest BCUT2D eigenvalue weighted by molar-refractivity contribution is 0.124. The minimum absolute atomic E-state index is 0.280. The maximum atomic E-state index is 13.1. The maximum Gasteiger partial charge on any atom is 0.319 e. The molecule has 0 saturated carbocycles. The number of nitrogens with one attached hydrogen (secondary N) is 2. The summed E-state index contributed by atoms with van der Waals surface area (Å²) in [5.74, 6) is 2.58. The fourth-order valence-corrected chi connectivity index (χ4v) is 5.51. The molecule has 0 unspecified atom stereocenters. The lowest BCUT2D eigenvalue weighted by atomic mass is 9.83. The molecule has 0 atom stereocenters. The second kappa shape index (κ2) is 13.6. The van der Waals surface area contributed by atoms with Crippen LogP contribution in [0.1, 0.15) is 38.7 Å². The van der Waals surface area contributed by atoms with Crippen LogP contribution in [0.4, 0.5) is 14.9 Å². The minimum Gasteiger partial charge on any atom is -0.489 e. The summed E-state index contributed by atoms with van der Waals surface area (Å²) in [5, 5.41) is 6.26. The Balaban J connectivity index is 1.09. The number of piperidine rings is 1. The summed E-state index contributed by atoms with van der Waals surface area (Å²) in [6, 6.07) is 16.3. The number of fused-ring (bicyclic) bond motifs is 3. The van der Waals surface area contributed by atoms with Crippen molar-refractivity contribution in [1.82, 2.24) is 15.2 Å². The molecule has 2 N–H and O–H groups in total. The molecule has 1 saturated heterocycles. The van der Waals surface area contributed by atoms with Crippen molar-refractivity contribution in [2.45, 2.75) is 39.7 Å². The standard InChI is InChI=1S/C35H39FN4O5/c1-35(2)13-17-40(18-14-35)16-3-19-42-30-22-28-31(33-32(30)43-20-21-44-33)29(12-15-37-28)45-27-10-8-26(9-11-27)39-34(41)38-23-24-4-6-25(36)7-5-24/h4-12,15,22H,3,13-14,16-21,23H2,1-2H3,(H2,38,39,41). The van der Waals surface area contributed by atoms with Gasteiger partial charge < -0.3 is 34.5 Å². The van der Waals surface area contributed by atoms with Crippen LogP contribution in [0.2, 0.25) is 0 Å². The highest BCUT2D eigenvalue weighted by molar-refractivity contribution is 5.95. The van der Waals surface area contributed by atoms with E-state index in [9.17, 15) is 9.18 Å². The van der Waals surface area contributed by atoms with Gasteiger partial charge in [-0.05, 0) is 85.8 Å². The van der Waals surface area contributed by atoms with E-state index in [2.05, 4.69) is 34.4 Å². The van der Waals surface area contributed by atoms with Gasteiger partial charge in [0.1, 0.15) is 30.5 Å². The molecule has 45 heavy (non-hydrogen) atoms. The summed E-state index contributed by atoms with van der Waals surface area (Å²) >= 11 is 0. The van der Waals surface area contributed by atoms with Crippen LogP contribution < -0.4 is 29.6 Å². The lowest BCUT2D eigenvalue weighted by Crippen LogP contribution is -2.38. The van der Waals surface area contributed by atoms with Crippen LogP contribution in [0.5, 0.6) is 28.7 Å². The van der Waals surface area contributed by atoms with Crippen molar-refractivity contribution in [3.8, 4) is 28.7 Å². The Morgan fingerprint density at radius 1 is 0.978 bits per heavy atom. The molecule has 2 aliphatic heterocycles. The Morgan fingerprint density at radius 2 is 1.71 bits per heavy atom. The summed E-state index contributed by atoms with van der Waals surface area (Å²) in [7, 11) is 0. The molecule has 236 valence electrons. The Kier molecular flexibility index (Phi) is 9.21. The van der Waals surface area contributed by atoms with Gasteiger partial charge in [-0.3, -0.25) is 4.98 Å². The summed E-state index contributed by atoms with van der Waals surface area (Å²) in [6.07, 6.45) is 5.07. The minimum atomic E-state index is -0.370. The molecule has 2 amide bonds. The molecule has 10 heteroatoms. The van der Waals surface area contributed by atoms with Crippen LogP contribution in [0.15, 0.2) is 66.9 Å². The number of rotatable bonds is 10. The summed E-state index contributed by atoms with van der Waals surface area (Å²) in [5.41, 5.74) is 2.52. The van der Waals surface area contributed by atoms with Crippen molar-refractivity contribution in [1.29, 1.82) is 0 Å². The smallest absolute Gasteiger partial charge is 0.319 e. The van der Waals surface area contributed by atoms with Gasteiger partial charge in [0.25, 0.3) is 0 Å². The third kappa shape index (κ3) is 7.75. The van der Waals surface area contributed by atoms with Crippen molar-refractivity contribution in [2.75, 3.05) is 44.8 Å². The number of anilines is 1. The maximum absolute atomic E-state index is 13.1. The summed E-state index contributed by atoms with van der Waals surface area (Å²) < 4.78 is 37.7. The van der Waals surface area contributed by atoms with Gasteiger partial charge in [-0.25, -0.2) is 9.18 Å². The average Bonchev–Trinajstić information content (AvgIpc) is 3.04. The molecule has 3 heterocycles. The first kappa shape index (κ1) is 30.5. The highest BCUT2D eigenvalue weighted by Gasteiger charge is 2.26. The van der Waals surface area contributed by atoms with E-state index in [1.54, 1.807) is 48.7 Å². The molecular weight excluding hydrogens is 575 g/mol. The van der Waals surface area contributed by atoms with E-state index in [1.807, 2.05) is 6.07 Å². The Morgan fingerprint density at radius 3 is 2.47 bits per heavy atom. The van der Waals surface area contributed by atoms with Crippen LogP contribution in [0.3, 0.4) is 0 Å². The monoisotopic (exact) mass is 614 g/mol. The molecular formula is C35H39FN4O5. The number of carbonyl (C=O) groups is 1. The zero-order valence-electron chi connectivity index (χ0n) is 25.7. The molecule has 0 bridgehead atoms. The Bertz CT molecular complexity index is 1620. The lowest BCUT2D eigenvalue weighted by Gasteiger charge is -2.36. The highest BCUT2D eigenvalue weighted by atomic mass is 19.1. The first-order valence-corrected chi connectivity index (χ1v) is 15.5. The van der Waals surface area contributed by atoms with E-state index < -0.39 is 0 Å². The van der Waals surface area contributed by atoms with Crippen molar-refractivity contribution < 1.29 is 28.1 Å². The average molecular weight is 615 g/mol. The number of amides is 2. The first-order chi connectivity index (χ1) is 21.8. The van der Waals surface area contributed by atoms with Crippen LogP contribution in [0, 0.1) is 11.2 Å². The van der Waals surface area contributed by atoms with E-state index in [0.717, 1.165) is 31.6 Å². The number of nitrogens with zero attached hydrogens (tertiary/aromatic N) is 2. The molecule has 0 spiro atoms. The van der Waals surface area contributed by atoms with Gasteiger partial charge in [-0.2, -0.15) is 0 Å². The molecule has 0 radical (unpaired) electrons. The van der Waals surface area contributed by atoms with E-state index in [-0.39, 0.29) is 18.4 Å². The molecule has 9 nitrogen and oxygen atoms in total. The topological polar surface area (TPSA) is 94.2 Å². The number of carbonyl (C=O) groups excluding carboxylic acids is 1. The van der Waals surface area contributed by atoms with E-state index in [1.165, 1.54) is 25.0 Å². The van der Waals surface area contributed by atoms with E-state index in [4.69, 9.17) is 18.9 Å². The van der Waals surface area contributed by atoms with E-state index >= 15 is 0 Å². The van der Waals surface area contributed by atoms with Crippen LogP contribution in [0.25, 0.3) is 10.9 Å². The zero-order chi connectivity index (χ0) is 31.2. The van der Waals surface area contributed by atoms with Gasteiger partial charge in [0.15, 0.2) is 11.5 Å². The van der Waals surface area contributed by atoms with Crippen LogP contribution in [-0.2, 0) is 6.54 Å². The fraction of sp³-hybridized carbons (Fsp3) is 0.371. The van der Waals surface area contributed by atoms with E-state index in [0.29, 0.717) is 70.6 Å². The van der Waals surface area contributed by atoms with Crippen molar-refractivity contribution in [2.24, 2.45) is 5.41 Å². The second-order valence-electron chi connectivity index (χ2n) is 12.2. The Labute approximate surface area is 262 Å². The third-order valence-corrected chi connectivity index (χ3v) is 8.24. The van der Waals surface area contributed by atoms with Gasteiger partial charge in [-0.15, -0.1) is 0 Å². The van der Waals surface area contributed by atoms with Gasteiger partial charge in [0.2, 0.25) is 5.75 Å². The molecule has 2 aliphatic rings. The predicted molar refractivity (Wildman–Crippen MR) is 171 cm³/mol. The van der Waals surface area contributed by atoms with Gasteiger partial charge in [0.05, 0.1) is 17.5 Å². The van der Waals surface area contributed by atoms with Crippen LogP contribution >= 0.6 is 0 Å². The number of aromatic nitrogens is 1. The van der Waals surface area contributed by atoms with Gasteiger partial charge in [-0.1, -0.05) is 26.0 Å². The van der Waals surface area contributed by atoms with Crippen LogP contribution in [-0.4, -0.2) is 55.4 Å². The SMILES string of the molecule is CC1(C)CCN(CCCOc2cc3nccc(Oc4ccc(NC(=O)NCc5ccc(F)cc5)cc4)c3c3c2OCCO3)CC1. The number of ether oxygens (including phenoxy) is 4. The molecule has 3 aromatic carbocycles. The summed E-state index contributed by atoms with van der Waals surface area (Å²) in [6.45, 7) is 9.67. The number of benzene rings is 3. The van der Waals surface area contributed by atoms with Crippen molar-refractivity contribution >= 4 is 22.6 Å². The molecule has 0 aliphatic carbocycles. The fourth-order valence-electron chi connectivity index (χ4n) is 5.51.